The minimum atomic E-state index is -4.66. The van der Waals surface area contributed by atoms with Gasteiger partial charge in [0.05, 0.1) is 10.6 Å². The van der Waals surface area contributed by atoms with Crippen LogP contribution in [0.5, 0.6) is 0 Å². The van der Waals surface area contributed by atoms with Gasteiger partial charge in [0.1, 0.15) is 5.65 Å². The summed E-state index contributed by atoms with van der Waals surface area (Å²) >= 11 is 0. The quantitative estimate of drug-likeness (QED) is 0.483. The summed E-state index contributed by atoms with van der Waals surface area (Å²) in [5, 5.41) is 10.7. The molecule has 0 saturated heterocycles. The lowest BCUT2D eigenvalue weighted by molar-refractivity contribution is -0.419. The number of imidazole rings is 1. The average molecular weight is 323 g/mol. The molecule has 0 aliphatic heterocycles. The van der Waals surface area contributed by atoms with Crippen LogP contribution in [0, 0.1) is 10.1 Å². The van der Waals surface area contributed by atoms with E-state index in [1.807, 2.05) is 0 Å². The number of nitrogens with zero attached hydrogens (tertiary/aromatic N) is 3. The van der Waals surface area contributed by atoms with Gasteiger partial charge in [0.25, 0.3) is 5.70 Å². The molecule has 23 heavy (non-hydrogen) atoms. The van der Waals surface area contributed by atoms with Crippen molar-refractivity contribution in [2.24, 2.45) is 0 Å². The second-order valence-corrected chi connectivity index (χ2v) is 4.56. The molecule has 120 valence electrons. The van der Waals surface area contributed by atoms with E-state index in [1.54, 1.807) is 12.1 Å². The smallest absolute Gasteiger partial charge is 0.299 e. The molecule has 0 atom stereocenters. The van der Waals surface area contributed by atoms with Gasteiger partial charge < -0.3 is 0 Å². The van der Waals surface area contributed by atoms with Gasteiger partial charge in [0.15, 0.2) is 5.69 Å². The van der Waals surface area contributed by atoms with Crippen LogP contribution in [-0.2, 0) is 6.18 Å². The molecule has 0 fully saturated rings. The van der Waals surface area contributed by atoms with Gasteiger partial charge in [-0.1, -0.05) is 12.6 Å². The SMILES string of the molecule is C=C(/C=C\C(=CC)[N+](=O)[O-])c1c(C(F)(F)F)nc2ccccn12. The molecule has 0 spiro atoms. The normalized spacial score (nSPS) is 13.0. The summed E-state index contributed by atoms with van der Waals surface area (Å²) in [7, 11) is 0. The highest BCUT2D eigenvalue weighted by atomic mass is 19.4. The molecule has 0 unspecified atom stereocenters. The van der Waals surface area contributed by atoms with Crippen LogP contribution in [0.3, 0.4) is 0 Å². The van der Waals surface area contributed by atoms with E-state index in [0.29, 0.717) is 0 Å². The first-order valence-corrected chi connectivity index (χ1v) is 6.48. The molecular formula is C15H12F3N3O2. The standard InChI is InChI=1S/C15H12F3N3O2/c1-3-11(21(22)23)8-7-10(2)13-14(15(16,17)18)19-12-6-4-5-9-20(12)13/h3-9H,2H2,1H3/b8-7-,11-3?. The first kappa shape index (κ1) is 16.5. The Morgan fingerprint density at radius 1 is 1.39 bits per heavy atom. The summed E-state index contributed by atoms with van der Waals surface area (Å²) in [5.41, 5.74) is -1.49. The third-order valence-corrected chi connectivity index (χ3v) is 3.06. The monoisotopic (exact) mass is 323 g/mol. The zero-order valence-electron chi connectivity index (χ0n) is 12.0. The third-order valence-electron chi connectivity index (χ3n) is 3.06. The lowest BCUT2D eigenvalue weighted by Crippen LogP contribution is -2.09. The summed E-state index contributed by atoms with van der Waals surface area (Å²) < 4.78 is 40.8. The summed E-state index contributed by atoms with van der Waals surface area (Å²) in [6.07, 6.45) is 0.276. The lowest BCUT2D eigenvalue weighted by atomic mass is 10.1. The van der Waals surface area contributed by atoms with Crippen LogP contribution in [0.25, 0.3) is 11.2 Å². The largest absolute Gasteiger partial charge is 0.435 e. The van der Waals surface area contributed by atoms with Crippen LogP contribution < -0.4 is 0 Å². The molecule has 2 aromatic heterocycles. The first-order chi connectivity index (χ1) is 10.8. The molecule has 0 radical (unpaired) electrons. The summed E-state index contributed by atoms with van der Waals surface area (Å²) in [6.45, 7) is 5.05. The van der Waals surface area contributed by atoms with E-state index < -0.39 is 16.8 Å². The highest BCUT2D eigenvalue weighted by molar-refractivity contribution is 5.74. The van der Waals surface area contributed by atoms with Crippen LogP contribution in [0.15, 0.2) is 54.9 Å². The van der Waals surface area contributed by atoms with Crippen molar-refractivity contribution in [1.29, 1.82) is 0 Å². The predicted molar refractivity (Wildman–Crippen MR) is 79.1 cm³/mol. The van der Waals surface area contributed by atoms with E-state index in [2.05, 4.69) is 11.6 Å². The molecule has 8 heteroatoms. The van der Waals surface area contributed by atoms with Crippen molar-refractivity contribution >= 4 is 11.2 Å². The Morgan fingerprint density at radius 3 is 2.65 bits per heavy atom. The van der Waals surface area contributed by atoms with Crippen LogP contribution in [0.1, 0.15) is 18.3 Å². The van der Waals surface area contributed by atoms with Gasteiger partial charge in [0.2, 0.25) is 0 Å². The van der Waals surface area contributed by atoms with Gasteiger partial charge in [-0.15, -0.1) is 0 Å². The van der Waals surface area contributed by atoms with E-state index in [-0.39, 0.29) is 22.6 Å². The average Bonchev–Trinajstić information content (AvgIpc) is 2.87. The lowest BCUT2D eigenvalue weighted by Gasteiger charge is -2.07. The molecule has 0 saturated carbocycles. The van der Waals surface area contributed by atoms with E-state index >= 15 is 0 Å². The number of alkyl halides is 3. The number of halogens is 3. The minimum Gasteiger partial charge on any atom is -0.299 e. The highest BCUT2D eigenvalue weighted by Gasteiger charge is 2.38. The summed E-state index contributed by atoms with van der Waals surface area (Å²) in [6, 6.07) is 4.56. The van der Waals surface area contributed by atoms with Gasteiger partial charge in [-0.25, -0.2) is 4.98 Å². The van der Waals surface area contributed by atoms with Crippen LogP contribution >= 0.6 is 0 Å². The van der Waals surface area contributed by atoms with E-state index in [0.717, 1.165) is 6.08 Å². The minimum absolute atomic E-state index is 0.0303. The maximum atomic E-state index is 13.2. The number of fused-ring (bicyclic) bond motifs is 1. The molecule has 2 rings (SSSR count). The molecular weight excluding hydrogens is 311 g/mol. The number of nitro groups is 1. The Bertz CT molecular complexity index is 832. The van der Waals surface area contributed by atoms with E-state index in [1.165, 1.54) is 35.7 Å². The fraction of sp³-hybridized carbons (Fsp3) is 0.133. The number of aromatic nitrogens is 2. The topological polar surface area (TPSA) is 60.4 Å². The second kappa shape index (κ2) is 6.07. The number of allylic oxidation sites excluding steroid dienone is 4. The van der Waals surface area contributed by atoms with Crippen LogP contribution in [0.2, 0.25) is 0 Å². The van der Waals surface area contributed by atoms with Crippen LogP contribution in [-0.4, -0.2) is 14.3 Å². The first-order valence-electron chi connectivity index (χ1n) is 6.48. The molecule has 0 N–H and O–H groups in total. The maximum Gasteiger partial charge on any atom is 0.435 e. The molecule has 0 aliphatic rings. The molecule has 5 nitrogen and oxygen atoms in total. The number of rotatable bonds is 4. The van der Waals surface area contributed by atoms with Crippen molar-refractivity contribution < 1.29 is 18.1 Å². The Labute approximate surface area is 129 Å². The Morgan fingerprint density at radius 2 is 2.09 bits per heavy atom. The van der Waals surface area contributed by atoms with Crippen molar-refractivity contribution in [3.63, 3.8) is 0 Å². The number of pyridine rings is 1. The van der Waals surface area contributed by atoms with Gasteiger partial charge in [-0.2, -0.15) is 13.2 Å². The van der Waals surface area contributed by atoms with Crippen molar-refractivity contribution in [2.75, 3.05) is 0 Å². The Balaban J connectivity index is 2.56. The van der Waals surface area contributed by atoms with Crippen molar-refractivity contribution in [1.82, 2.24) is 9.38 Å². The predicted octanol–water partition coefficient (Wildman–Crippen LogP) is 4.10. The van der Waals surface area contributed by atoms with Gasteiger partial charge in [-0.05, 0) is 36.8 Å². The fourth-order valence-corrected chi connectivity index (χ4v) is 2.03. The van der Waals surface area contributed by atoms with Crippen molar-refractivity contribution in [2.45, 2.75) is 13.1 Å². The second-order valence-electron chi connectivity index (χ2n) is 4.56. The van der Waals surface area contributed by atoms with Crippen molar-refractivity contribution in [3.8, 4) is 0 Å². The molecule has 0 bridgehead atoms. The van der Waals surface area contributed by atoms with Crippen LogP contribution in [0.4, 0.5) is 13.2 Å². The van der Waals surface area contributed by atoms with Crippen molar-refractivity contribution in [3.05, 3.63) is 76.4 Å². The highest BCUT2D eigenvalue weighted by Crippen LogP contribution is 2.35. The fourth-order valence-electron chi connectivity index (χ4n) is 2.03. The molecule has 0 aromatic carbocycles. The van der Waals surface area contributed by atoms with Gasteiger partial charge in [0, 0.05) is 12.3 Å². The molecule has 2 aromatic rings. The summed E-state index contributed by atoms with van der Waals surface area (Å²) in [5.74, 6) is 0. The number of hydrogen-bond acceptors (Lipinski definition) is 3. The van der Waals surface area contributed by atoms with Gasteiger partial charge >= 0.3 is 6.18 Å². The van der Waals surface area contributed by atoms with E-state index in [9.17, 15) is 23.3 Å². The zero-order chi connectivity index (χ0) is 17.2. The third kappa shape index (κ3) is 3.31. The van der Waals surface area contributed by atoms with E-state index in [4.69, 9.17) is 0 Å². The number of hydrogen-bond donors (Lipinski definition) is 0. The zero-order valence-corrected chi connectivity index (χ0v) is 12.0. The molecule has 0 amide bonds. The molecule has 0 aliphatic carbocycles. The maximum absolute atomic E-state index is 13.2. The van der Waals surface area contributed by atoms with Gasteiger partial charge in [-0.3, -0.25) is 14.5 Å². The Kier molecular flexibility index (Phi) is 4.35. The molecule has 2 heterocycles. The Hall–Kier alpha value is -2.90. The summed E-state index contributed by atoms with van der Waals surface area (Å²) in [4.78, 5) is 13.7.